The van der Waals surface area contributed by atoms with E-state index in [1.54, 1.807) is 30.3 Å². The maximum absolute atomic E-state index is 12.5. The molecule has 0 unspecified atom stereocenters. The van der Waals surface area contributed by atoms with Gasteiger partial charge in [-0.3, -0.25) is 9.55 Å². The van der Waals surface area contributed by atoms with Crippen LogP contribution < -0.4 is 0 Å². The van der Waals surface area contributed by atoms with Crippen molar-refractivity contribution in [3.05, 3.63) is 167 Å². The van der Waals surface area contributed by atoms with Crippen molar-refractivity contribution in [1.82, 2.24) is 14.5 Å². The van der Waals surface area contributed by atoms with Crippen molar-refractivity contribution in [3.63, 3.8) is 0 Å². The van der Waals surface area contributed by atoms with E-state index in [1.807, 2.05) is 107 Å². The van der Waals surface area contributed by atoms with E-state index in [1.165, 1.54) is 0 Å². The molecule has 1 N–H and O–H groups in total. The molecule has 0 amide bonds. The third-order valence-corrected chi connectivity index (χ3v) is 11.1. The largest absolute Gasteiger partial charge is 0.507 e. The number of aryl methyl sites for hydroxylation is 1. The summed E-state index contributed by atoms with van der Waals surface area (Å²) in [5, 5.41) is 12.5. The quantitative estimate of drug-likeness (QED) is 0.169. The zero-order valence-corrected chi connectivity index (χ0v) is 39.5. The van der Waals surface area contributed by atoms with Gasteiger partial charge in [-0.15, -0.1) is 29.3 Å². The van der Waals surface area contributed by atoms with E-state index in [4.69, 9.17) is 26.9 Å². The van der Waals surface area contributed by atoms with Crippen LogP contribution in [-0.4, -0.2) is 19.6 Å². The van der Waals surface area contributed by atoms with Crippen LogP contribution in [0.15, 0.2) is 133 Å². The molecule has 0 spiro atoms. The molecule has 0 radical (unpaired) electrons. The number of aromatic nitrogens is 3. The molecule has 6 aromatic carbocycles. The number of aromatic hydroxyl groups is 1. The van der Waals surface area contributed by atoms with Gasteiger partial charge in [-0.25, -0.2) is 4.98 Å². The molecule has 0 aliphatic heterocycles. The topological polar surface area (TPSA) is 50.9 Å². The minimum Gasteiger partial charge on any atom is -0.507 e. The molecule has 8 rings (SSSR count). The van der Waals surface area contributed by atoms with E-state index in [2.05, 4.69) is 31.8 Å². The monoisotopic (exact) mass is 1040 g/mol. The van der Waals surface area contributed by atoms with Crippen LogP contribution >= 0.6 is 0 Å². The van der Waals surface area contributed by atoms with Gasteiger partial charge in [0.2, 0.25) is 0 Å². The molecule has 5 heteroatoms. The number of phenols is 1. The Balaban J connectivity index is 0.00000990. The molecule has 0 saturated heterocycles. The predicted molar refractivity (Wildman–Crippen MR) is 266 cm³/mol. The van der Waals surface area contributed by atoms with Gasteiger partial charge in [-0.05, 0) is 97.8 Å². The summed E-state index contributed by atoms with van der Waals surface area (Å²) in [5.41, 5.74) is -2.60. The van der Waals surface area contributed by atoms with Crippen molar-refractivity contribution in [2.45, 2.75) is 111 Å². The molecule has 0 fully saturated rings. The number of pyridine rings is 1. The van der Waals surface area contributed by atoms with Crippen molar-refractivity contribution in [2.75, 3.05) is 0 Å². The SMILES string of the molecule is [2H]c1nc(-c2[c-]c(-c3cccc4c3nc(-c3cc(C(C)(C)C)cc(C(C)(C)C)c3O)n4-c3cc(-c4ccccc4)cc(C([2H])([2H])[2H])c3)cc(C(C)(C)C)c2)c([2H])c(-c2c([2H])c([2H])c(C(C([2H])([2H])[2H])(C([2H])([2H])[2H])C([2H])([2H])[2H])c([2H])c2[2H])c1[2H].[Pt]. The molecule has 2 aromatic heterocycles. The molecular weight excluding hydrogens is 962 g/mol. The summed E-state index contributed by atoms with van der Waals surface area (Å²) < 4.78 is 166. The fourth-order valence-corrected chi connectivity index (χ4v) is 7.58. The number of para-hydroxylation sites is 1. The second kappa shape index (κ2) is 17.1. The van der Waals surface area contributed by atoms with Crippen LogP contribution in [0.1, 0.15) is 137 Å². The molecule has 0 aliphatic rings. The smallest absolute Gasteiger partial charge is 0.148 e. The molecule has 0 atom stereocenters. The van der Waals surface area contributed by atoms with Gasteiger partial charge in [0.25, 0.3) is 0 Å². The number of hydrogen-bond donors (Lipinski definition) is 1. The van der Waals surface area contributed by atoms with Crippen LogP contribution in [0.5, 0.6) is 5.75 Å². The fraction of sp³-hybridized carbons (Fsp3) is 0.288. The summed E-state index contributed by atoms with van der Waals surface area (Å²) >= 11 is 0. The molecule has 8 aromatic rings. The van der Waals surface area contributed by atoms with E-state index in [-0.39, 0.29) is 49.5 Å². The van der Waals surface area contributed by atoms with Crippen molar-refractivity contribution in [2.24, 2.45) is 0 Å². The zero-order chi connectivity index (χ0) is 61.3. The van der Waals surface area contributed by atoms with Gasteiger partial charge in [0.05, 0.1) is 26.2 Å². The minimum absolute atomic E-state index is 0. The summed E-state index contributed by atoms with van der Waals surface area (Å²) in [7, 11) is 0. The number of imidazole rings is 1. The zero-order valence-electron chi connectivity index (χ0n) is 56.3. The Morgan fingerprint density at radius 3 is 1.95 bits per heavy atom. The van der Waals surface area contributed by atoms with Gasteiger partial charge < -0.3 is 5.11 Å². The van der Waals surface area contributed by atoms with Crippen molar-refractivity contribution >= 4 is 11.0 Å². The molecule has 0 saturated carbocycles. The van der Waals surface area contributed by atoms with Crippen LogP contribution in [0, 0.1) is 12.9 Å². The van der Waals surface area contributed by atoms with Gasteiger partial charge in [0.1, 0.15) is 11.6 Å². The first-order chi connectivity index (χ1) is 37.4. The molecule has 4 nitrogen and oxygen atoms in total. The number of fused-ring (bicyclic) bond motifs is 1. The number of rotatable bonds is 6. The van der Waals surface area contributed by atoms with Crippen LogP contribution in [-0.2, 0) is 42.7 Å². The van der Waals surface area contributed by atoms with Crippen LogP contribution in [0.2, 0.25) is 0 Å². The fourth-order valence-electron chi connectivity index (χ4n) is 7.58. The van der Waals surface area contributed by atoms with E-state index in [0.29, 0.717) is 50.1 Å². The Kier molecular flexibility index (Phi) is 7.39. The van der Waals surface area contributed by atoms with Crippen molar-refractivity contribution < 1.29 is 52.2 Å². The standard InChI is InChI=1S/C59H62N3O.Pt/c1-37-28-41(38-18-15-14-16-19-38)33-47(29-37)62-52-21-17-20-48(53(52)61-55(62)49-35-46(58(8,9)10)36-50(54(49)63)59(11,12)13)42-30-43(32-45(31-42)57(5,6)7)51-34-40(26-27-60-51)39-22-24-44(25-23-39)56(2,3)4;/h14-29,31-36,63H,1-13H3;/q-1;/i1D3,2D3,3D3,4D3,22D,23D,24D,25D,26D,27D,34D;. The van der Waals surface area contributed by atoms with Crippen LogP contribution in [0.25, 0.3) is 72.7 Å². The van der Waals surface area contributed by atoms with E-state index >= 15 is 0 Å². The van der Waals surface area contributed by atoms with Crippen LogP contribution in [0.3, 0.4) is 0 Å². The Morgan fingerprint density at radius 1 is 0.609 bits per heavy atom. The number of nitrogens with zero attached hydrogens (tertiary/aromatic N) is 3. The summed E-state index contributed by atoms with van der Waals surface area (Å²) in [4.78, 5) is 9.74. The van der Waals surface area contributed by atoms with E-state index in [9.17, 15) is 9.22 Å². The second-order valence-corrected chi connectivity index (χ2v) is 19.1. The predicted octanol–water partition coefficient (Wildman–Crippen LogP) is 15.8. The molecule has 330 valence electrons. The van der Waals surface area contributed by atoms with Crippen molar-refractivity contribution in [1.29, 1.82) is 0 Å². The summed E-state index contributed by atoms with van der Waals surface area (Å²) in [5.74, 6) is 0.240. The summed E-state index contributed by atoms with van der Waals surface area (Å²) in [6.07, 6.45) is -0.786. The Bertz CT molecular complexity index is 3790. The first-order valence-corrected chi connectivity index (χ1v) is 20.7. The average Bonchev–Trinajstić information content (AvgIpc) is 1.10. The second-order valence-electron chi connectivity index (χ2n) is 19.1. The molecule has 0 aliphatic carbocycles. The molecule has 2 heterocycles. The van der Waals surface area contributed by atoms with E-state index < -0.39 is 108 Å². The number of hydrogen-bond acceptors (Lipinski definition) is 3. The molecule has 0 bridgehead atoms. The average molecular weight is 1040 g/mol. The van der Waals surface area contributed by atoms with E-state index in [0.717, 1.165) is 11.1 Å². The maximum Gasteiger partial charge on any atom is 0.148 e. The Hall–Kier alpha value is -5.57. The summed E-state index contributed by atoms with van der Waals surface area (Å²) in [6.45, 7) is 3.54. The first kappa shape index (κ1) is 27.7. The third kappa shape index (κ3) is 9.31. The number of benzene rings is 6. The third-order valence-electron chi connectivity index (χ3n) is 11.1. The van der Waals surface area contributed by atoms with Crippen molar-refractivity contribution in [3.8, 4) is 67.5 Å². The Labute approximate surface area is 422 Å². The van der Waals surface area contributed by atoms with Crippen LogP contribution in [0.4, 0.5) is 0 Å². The van der Waals surface area contributed by atoms with Gasteiger partial charge in [0, 0.05) is 60.6 Å². The molecular formula is C59H62N3OPt-. The van der Waals surface area contributed by atoms with Gasteiger partial charge in [0.15, 0.2) is 0 Å². The maximum atomic E-state index is 12.5. The first-order valence-electron chi connectivity index (χ1n) is 30.2. The summed E-state index contributed by atoms with van der Waals surface area (Å²) in [6, 6.07) is 24.0. The Morgan fingerprint density at radius 2 is 1.30 bits per heavy atom. The minimum atomic E-state index is -3.95. The van der Waals surface area contributed by atoms with Gasteiger partial charge in [-0.2, -0.15) is 0 Å². The normalized spacial score (nSPS) is 17.5. The molecule has 64 heavy (non-hydrogen) atoms. The van der Waals surface area contributed by atoms with Gasteiger partial charge >= 0.3 is 0 Å². The number of phenolic OH excluding ortho intramolecular Hbond substituents is 1. The van der Waals surface area contributed by atoms with Gasteiger partial charge in [-0.1, -0.05) is 179 Å².